The Kier molecular flexibility index (Phi) is 4.84. The van der Waals surface area contributed by atoms with Crippen molar-refractivity contribution in [2.24, 2.45) is 0 Å². The van der Waals surface area contributed by atoms with Crippen LogP contribution in [0.15, 0.2) is 6.07 Å². The third-order valence-electron chi connectivity index (χ3n) is 3.50. The van der Waals surface area contributed by atoms with Crippen LogP contribution in [0.3, 0.4) is 0 Å². The summed E-state index contributed by atoms with van der Waals surface area (Å²) in [6.45, 7) is 8.82. The number of rotatable bonds is 3. The first-order valence-electron chi connectivity index (χ1n) is 7.22. The smallest absolute Gasteiger partial charge is 0.256 e. The molecule has 0 aliphatic carbocycles. The van der Waals surface area contributed by atoms with E-state index < -0.39 is 5.60 Å². The summed E-state index contributed by atoms with van der Waals surface area (Å²) >= 11 is 5.92. The van der Waals surface area contributed by atoms with E-state index >= 15 is 0 Å². The average Bonchev–Trinajstić information content (AvgIpc) is 2.44. The van der Waals surface area contributed by atoms with Gasteiger partial charge in [0, 0.05) is 13.1 Å². The first kappa shape index (κ1) is 16.2. The fraction of sp³-hybridized carbons (Fsp3) is 0.667. The number of morpholine rings is 1. The zero-order valence-electron chi connectivity index (χ0n) is 13.0. The zero-order chi connectivity index (χ0) is 15.6. The normalized spacial score (nSPS) is 21.4. The van der Waals surface area contributed by atoms with E-state index in [-0.39, 0.29) is 12.0 Å². The molecule has 0 N–H and O–H groups in total. The van der Waals surface area contributed by atoms with Crippen molar-refractivity contribution in [3.8, 4) is 0 Å². The summed E-state index contributed by atoms with van der Waals surface area (Å²) in [6.07, 6.45) is 0.543. The molecular formula is C15H22ClN3O2. The summed E-state index contributed by atoms with van der Waals surface area (Å²) in [6, 6.07) is 1.81. The SMILES string of the molecule is CCc1nnc(C)cc1C(=O)N1CC(CCl)OC(C)(C)C1. The average molecular weight is 312 g/mol. The van der Waals surface area contributed by atoms with Crippen LogP contribution in [0.5, 0.6) is 0 Å². The summed E-state index contributed by atoms with van der Waals surface area (Å²) in [7, 11) is 0. The Morgan fingerprint density at radius 1 is 1.52 bits per heavy atom. The van der Waals surface area contributed by atoms with Gasteiger partial charge >= 0.3 is 0 Å². The summed E-state index contributed by atoms with van der Waals surface area (Å²) < 4.78 is 5.87. The van der Waals surface area contributed by atoms with E-state index in [9.17, 15) is 4.79 Å². The molecule has 0 radical (unpaired) electrons. The van der Waals surface area contributed by atoms with Gasteiger partial charge in [0.25, 0.3) is 5.91 Å². The van der Waals surface area contributed by atoms with Crippen molar-refractivity contribution in [3.05, 3.63) is 23.0 Å². The number of hydrogen-bond acceptors (Lipinski definition) is 4. The predicted octanol–water partition coefficient (Wildman–Crippen LogP) is 2.21. The highest BCUT2D eigenvalue weighted by Crippen LogP contribution is 2.24. The number of hydrogen-bond donors (Lipinski definition) is 0. The highest BCUT2D eigenvalue weighted by molar-refractivity contribution is 6.18. The van der Waals surface area contributed by atoms with Gasteiger partial charge in [0.05, 0.1) is 34.5 Å². The van der Waals surface area contributed by atoms with Crippen LogP contribution in [0.2, 0.25) is 0 Å². The number of halogens is 1. The summed E-state index contributed by atoms with van der Waals surface area (Å²) in [5, 5.41) is 8.16. The molecule has 0 saturated carbocycles. The standard InChI is InChI=1S/C15H22ClN3O2/c1-5-13-12(6-10(2)17-18-13)14(20)19-8-11(7-16)21-15(3,4)9-19/h6,11H,5,7-9H2,1-4H3. The summed E-state index contributed by atoms with van der Waals surface area (Å²) in [5.41, 5.74) is 1.72. The highest BCUT2D eigenvalue weighted by atomic mass is 35.5. The van der Waals surface area contributed by atoms with Gasteiger partial charge in [0.1, 0.15) is 0 Å². The van der Waals surface area contributed by atoms with E-state index in [1.807, 2.05) is 38.7 Å². The largest absolute Gasteiger partial charge is 0.367 e. The molecule has 5 nitrogen and oxygen atoms in total. The van der Waals surface area contributed by atoms with Gasteiger partial charge in [-0.3, -0.25) is 4.79 Å². The van der Waals surface area contributed by atoms with Crippen LogP contribution in [-0.4, -0.2) is 51.7 Å². The molecule has 0 bridgehead atoms. The molecule has 1 fully saturated rings. The Morgan fingerprint density at radius 3 is 2.86 bits per heavy atom. The molecular weight excluding hydrogens is 290 g/mol. The molecule has 1 aromatic heterocycles. The van der Waals surface area contributed by atoms with E-state index in [0.717, 1.165) is 11.4 Å². The van der Waals surface area contributed by atoms with Crippen molar-refractivity contribution >= 4 is 17.5 Å². The maximum absolute atomic E-state index is 12.8. The first-order valence-corrected chi connectivity index (χ1v) is 7.76. The fourth-order valence-corrected chi connectivity index (χ4v) is 2.82. The molecule has 2 rings (SSSR count). The van der Waals surface area contributed by atoms with Crippen LogP contribution >= 0.6 is 11.6 Å². The van der Waals surface area contributed by atoms with Gasteiger partial charge in [-0.1, -0.05) is 6.92 Å². The molecule has 6 heteroatoms. The monoisotopic (exact) mass is 311 g/mol. The van der Waals surface area contributed by atoms with Crippen molar-refractivity contribution in [3.63, 3.8) is 0 Å². The van der Waals surface area contributed by atoms with Gasteiger partial charge in [-0.05, 0) is 33.3 Å². The van der Waals surface area contributed by atoms with Gasteiger partial charge < -0.3 is 9.64 Å². The van der Waals surface area contributed by atoms with Gasteiger partial charge in [-0.15, -0.1) is 11.6 Å². The minimum atomic E-state index is -0.394. The Bertz CT molecular complexity index is 534. The summed E-state index contributed by atoms with van der Waals surface area (Å²) in [5.74, 6) is 0.359. The van der Waals surface area contributed by atoms with Crippen LogP contribution in [0.25, 0.3) is 0 Å². The van der Waals surface area contributed by atoms with Crippen LogP contribution in [-0.2, 0) is 11.2 Å². The molecule has 1 aliphatic heterocycles. The third-order valence-corrected chi connectivity index (χ3v) is 3.84. The van der Waals surface area contributed by atoms with Gasteiger partial charge in [0.15, 0.2) is 0 Å². The molecule has 116 valence electrons. The molecule has 1 atom stereocenters. The molecule has 1 unspecified atom stereocenters. The molecule has 1 amide bonds. The quantitative estimate of drug-likeness (QED) is 0.803. The van der Waals surface area contributed by atoms with Crippen molar-refractivity contribution in [2.75, 3.05) is 19.0 Å². The first-order chi connectivity index (χ1) is 9.86. The second-order valence-electron chi connectivity index (χ2n) is 6.04. The fourth-order valence-electron chi connectivity index (χ4n) is 2.66. The number of carbonyl (C=O) groups excluding carboxylic acids is 1. The number of amides is 1. The van der Waals surface area contributed by atoms with Crippen molar-refractivity contribution < 1.29 is 9.53 Å². The highest BCUT2D eigenvalue weighted by Gasteiger charge is 2.36. The number of aromatic nitrogens is 2. The lowest BCUT2D eigenvalue weighted by Crippen LogP contribution is -2.55. The van der Waals surface area contributed by atoms with Crippen LogP contribution in [0.1, 0.15) is 42.5 Å². The van der Waals surface area contributed by atoms with Gasteiger partial charge in [-0.25, -0.2) is 0 Å². The Morgan fingerprint density at radius 2 is 2.24 bits per heavy atom. The maximum Gasteiger partial charge on any atom is 0.256 e. The van der Waals surface area contributed by atoms with Crippen LogP contribution in [0.4, 0.5) is 0 Å². The second-order valence-corrected chi connectivity index (χ2v) is 6.35. The number of alkyl halides is 1. The lowest BCUT2D eigenvalue weighted by molar-refractivity contribution is -0.117. The lowest BCUT2D eigenvalue weighted by atomic mass is 10.0. The minimum Gasteiger partial charge on any atom is -0.367 e. The molecule has 1 aromatic rings. The molecule has 21 heavy (non-hydrogen) atoms. The van der Waals surface area contributed by atoms with Crippen molar-refractivity contribution in [1.29, 1.82) is 0 Å². The van der Waals surface area contributed by atoms with Crippen molar-refractivity contribution in [1.82, 2.24) is 15.1 Å². The Hall–Kier alpha value is -1.20. The number of ether oxygens (including phenoxy) is 1. The minimum absolute atomic E-state index is 0.0173. The van der Waals surface area contributed by atoms with E-state index in [0.29, 0.717) is 31.0 Å². The van der Waals surface area contributed by atoms with E-state index in [2.05, 4.69) is 10.2 Å². The Labute approximate surface area is 130 Å². The molecule has 0 aromatic carbocycles. The molecule has 0 spiro atoms. The number of nitrogens with zero attached hydrogens (tertiary/aromatic N) is 3. The van der Waals surface area contributed by atoms with Gasteiger partial charge in [-0.2, -0.15) is 10.2 Å². The Balaban J connectivity index is 2.28. The third kappa shape index (κ3) is 3.71. The maximum atomic E-state index is 12.8. The number of carbonyl (C=O) groups is 1. The van der Waals surface area contributed by atoms with Crippen molar-refractivity contribution in [2.45, 2.75) is 45.8 Å². The van der Waals surface area contributed by atoms with Crippen LogP contribution < -0.4 is 0 Å². The van der Waals surface area contributed by atoms with Crippen LogP contribution in [0, 0.1) is 6.92 Å². The van der Waals surface area contributed by atoms with Gasteiger partial charge in [0.2, 0.25) is 0 Å². The molecule has 1 aliphatic rings. The van der Waals surface area contributed by atoms with E-state index in [1.54, 1.807) is 0 Å². The predicted molar refractivity (Wildman–Crippen MR) is 81.7 cm³/mol. The second kappa shape index (κ2) is 6.28. The number of aryl methyl sites for hydroxylation is 2. The molecule has 1 saturated heterocycles. The lowest BCUT2D eigenvalue weighted by Gasteiger charge is -2.42. The van der Waals surface area contributed by atoms with E-state index in [1.165, 1.54) is 0 Å². The topological polar surface area (TPSA) is 55.3 Å². The summed E-state index contributed by atoms with van der Waals surface area (Å²) in [4.78, 5) is 14.7. The van der Waals surface area contributed by atoms with E-state index in [4.69, 9.17) is 16.3 Å². The molecule has 2 heterocycles. The zero-order valence-corrected chi connectivity index (χ0v) is 13.8.